The van der Waals surface area contributed by atoms with E-state index >= 15 is 0 Å². The number of anilines is 1. The molecule has 0 fully saturated rings. The van der Waals surface area contributed by atoms with E-state index in [2.05, 4.69) is 5.32 Å². The molecule has 0 aliphatic rings. The van der Waals surface area contributed by atoms with Gasteiger partial charge in [0.05, 0.1) is 17.7 Å². The van der Waals surface area contributed by atoms with E-state index in [0.29, 0.717) is 0 Å². The number of carbonyl (C=O) groups is 1. The third-order valence-corrected chi connectivity index (χ3v) is 3.44. The highest BCUT2D eigenvalue weighted by Gasteiger charge is 2.19. The molecule has 1 amide bonds. The predicted molar refractivity (Wildman–Crippen MR) is 75.9 cm³/mol. The zero-order valence-electron chi connectivity index (χ0n) is 11.6. The SMILES string of the molecule is COc1cc(S(=O)(=O)Cl)ccc1NC(=O)OC(C)(C)C. The molecule has 0 spiro atoms. The van der Waals surface area contributed by atoms with Gasteiger partial charge in [-0.15, -0.1) is 0 Å². The highest BCUT2D eigenvalue weighted by molar-refractivity contribution is 8.13. The van der Waals surface area contributed by atoms with Crippen LogP contribution in [0.4, 0.5) is 10.5 Å². The average molecular weight is 322 g/mol. The molecule has 0 atom stereocenters. The van der Waals surface area contributed by atoms with Crippen molar-refractivity contribution in [2.45, 2.75) is 31.3 Å². The molecule has 0 saturated carbocycles. The first kappa shape index (κ1) is 16.6. The van der Waals surface area contributed by atoms with Crippen LogP contribution in [0.3, 0.4) is 0 Å². The fraction of sp³-hybridized carbons (Fsp3) is 0.417. The minimum absolute atomic E-state index is 0.120. The number of methoxy groups -OCH3 is 1. The first-order valence-electron chi connectivity index (χ1n) is 5.65. The van der Waals surface area contributed by atoms with Crippen molar-refractivity contribution in [3.63, 3.8) is 0 Å². The lowest BCUT2D eigenvalue weighted by atomic mass is 10.2. The molecule has 0 aliphatic heterocycles. The molecule has 1 aromatic rings. The number of ether oxygens (including phenoxy) is 2. The fourth-order valence-corrected chi connectivity index (χ4v) is 2.11. The molecule has 0 aromatic heterocycles. The van der Waals surface area contributed by atoms with Crippen LogP contribution >= 0.6 is 10.7 Å². The Bertz CT molecular complexity index is 607. The first-order valence-corrected chi connectivity index (χ1v) is 7.96. The average Bonchev–Trinajstić information content (AvgIpc) is 2.25. The second kappa shape index (κ2) is 5.88. The maximum absolute atomic E-state index is 11.6. The maximum Gasteiger partial charge on any atom is 0.412 e. The summed E-state index contributed by atoms with van der Waals surface area (Å²) >= 11 is 0. The van der Waals surface area contributed by atoms with Crippen LogP contribution in [0, 0.1) is 0 Å². The van der Waals surface area contributed by atoms with E-state index in [9.17, 15) is 13.2 Å². The van der Waals surface area contributed by atoms with E-state index in [4.69, 9.17) is 20.2 Å². The van der Waals surface area contributed by atoms with Crippen molar-refractivity contribution in [2.75, 3.05) is 12.4 Å². The van der Waals surface area contributed by atoms with Gasteiger partial charge in [0.2, 0.25) is 0 Å². The smallest absolute Gasteiger partial charge is 0.412 e. The van der Waals surface area contributed by atoms with E-state index in [1.54, 1.807) is 20.8 Å². The molecule has 1 aromatic carbocycles. The summed E-state index contributed by atoms with van der Waals surface area (Å²) in [7, 11) is 2.72. The van der Waals surface area contributed by atoms with Crippen LogP contribution in [-0.2, 0) is 13.8 Å². The number of benzene rings is 1. The Morgan fingerprint density at radius 2 is 1.90 bits per heavy atom. The van der Waals surface area contributed by atoms with Crippen LogP contribution in [0.1, 0.15) is 20.8 Å². The summed E-state index contributed by atoms with van der Waals surface area (Å²) < 4.78 is 32.5. The zero-order valence-corrected chi connectivity index (χ0v) is 13.1. The predicted octanol–water partition coefficient (Wildman–Crippen LogP) is 2.97. The van der Waals surface area contributed by atoms with Crippen molar-refractivity contribution in [1.82, 2.24) is 0 Å². The molecular formula is C12H16ClNO5S. The number of nitrogens with one attached hydrogen (secondary N) is 1. The van der Waals surface area contributed by atoms with E-state index in [1.807, 2.05) is 0 Å². The Morgan fingerprint density at radius 3 is 2.35 bits per heavy atom. The highest BCUT2D eigenvalue weighted by atomic mass is 35.7. The number of halogens is 1. The summed E-state index contributed by atoms with van der Waals surface area (Å²) in [5, 5.41) is 2.47. The van der Waals surface area contributed by atoms with Crippen molar-refractivity contribution in [3.8, 4) is 5.75 Å². The summed E-state index contributed by atoms with van der Waals surface area (Å²) in [5.41, 5.74) is -0.359. The Balaban J connectivity index is 3.00. The number of amides is 1. The minimum atomic E-state index is -3.86. The number of rotatable bonds is 3. The second-order valence-corrected chi connectivity index (χ2v) is 7.49. The third-order valence-electron chi connectivity index (χ3n) is 2.09. The third kappa shape index (κ3) is 4.90. The maximum atomic E-state index is 11.6. The van der Waals surface area contributed by atoms with Gasteiger partial charge in [0.15, 0.2) is 0 Å². The quantitative estimate of drug-likeness (QED) is 0.865. The summed E-state index contributed by atoms with van der Waals surface area (Å²) in [6.07, 6.45) is -0.669. The standard InChI is InChI=1S/C12H16ClNO5S/c1-12(2,3)19-11(15)14-9-6-5-8(20(13,16)17)7-10(9)18-4/h5-7H,1-4H3,(H,14,15). The van der Waals surface area contributed by atoms with Gasteiger partial charge in [0.25, 0.3) is 9.05 Å². The van der Waals surface area contributed by atoms with E-state index < -0.39 is 20.7 Å². The molecule has 0 saturated heterocycles. The Kier molecular flexibility index (Phi) is 4.88. The van der Waals surface area contributed by atoms with Gasteiger partial charge >= 0.3 is 6.09 Å². The second-order valence-electron chi connectivity index (χ2n) is 4.93. The van der Waals surface area contributed by atoms with Gasteiger partial charge in [-0.3, -0.25) is 5.32 Å². The van der Waals surface area contributed by atoms with Crippen molar-refractivity contribution >= 4 is 31.5 Å². The van der Waals surface area contributed by atoms with Gasteiger partial charge in [-0.25, -0.2) is 13.2 Å². The van der Waals surface area contributed by atoms with Gasteiger partial charge in [-0.1, -0.05) is 0 Å². The zero-order chi connectivity index (χ0) is 15.6. The van der Waals surface area contributed by atoms with Gasteiger partial charge in [0, 0.05) is 16.7 Å². The van der Waals surface area contributed by atoms with Crippen molar-refractivity contribution in [1.29, 1.82) is 0 Å². The van der Waals surface area contributed by atoms with Crippen LogP contribution in [0.15, 0.2) is 23.1 Å². The Morgan fingerprint density at radius 1 is 1.30 bits per heavy atom. The Labute approximate surface area is 122 Å². The van der Waals surface area contributed by atoms with Crippen LogP contribution in [0.2, 0.25) is 0 Å². The molecule has 1 N–H and O–H groups in total. The molecule has 6 nitrogen and oxygen atoms in total. The Hall–Kier alpha value is -1.47. The molecule has 0 heterocycles. The molecular weight excluding hydrogens is 306 g/mol. The normalized spacial score (nSPS) is 11.8. The largest absolute Gasteiger partial charge is 0.495 e. The summed E-state index contributed by atoms with van der Waals surface area (Å²) in [5.74, 6) is 0.164. The molecule has 0 unspecified atom stereocenters. The lowest BCUT2D eigenvalue weighted by molar-refractivity contribution is 0.0635. The molecule has 0 bridgehead atoms. The minimum Gasteiger partial charge on any atom is -0.495 e. The van der Waals surface area contributed by atoms with Crippen molar-refractivity contribution in [2.24, 2.45) is 0 Å². The first-order chi connectivity index (χ1) is 9.03. The highest BCUT2D eigenvalue weighted by Crippen LogP contribution is 2.29. The van der Waals surface area contributed by atoms with Crippen LogP contribution < -0.4 is 10.1 Å². The molecule has 20 heavy (non-hydrogen) atoms. The number of hydrogen-bond acceptors (Lipinski definition) is 5. The molecule has 8 heteroatoms. The van der Waals surface area contributed by atoms with Crippen molar-refractivity contribution < 1.29 is 22.7 Å². The lowest BCUT2D eigenvalue weighted by Gasteiger charge is -2.20. The van der Waals surface area contributed by atoms with Gasteiger partial charge in [-0.2, -0.15) is 0 Å². The molecule has 0 radical (unpaired) electrons. The van der Waals surface area contributed by atoms with E-state index in [-0.39, 0.29) is 16.3 Å². The van der Waals surface area contributed by atoms with Gasteiger partial charge in [0.1, 0.15) is 11.4 Å². The van der Waals surface area contributed by atoms with Crippen LogP contribution in [-0.4, -0.2) is 27.2 Å². The summed E-state index contributed by atoms with van der Waals surface area (Å²) in [4.78, 5) is 11.5. The van der Waals surface area contributed by atoms with Crippen LogP contribution in [0.25, 0.3) is 0 Å². The monoisotopic (exact) mass is 321 g/mol. The lowest BCUT2D eigenvalue weighted by Crippen LogP contribution is -2.27. The fourth-order valence-electron chi connectivity index (χ4n) is 1.34. The summed E-state index contributed by atoms with van der Waals surface area (Å²) in [6.45, 7) is 5.19. The number of carbonyl (C=O) groups excluding carboxylic acids is 1. The number of hydrogen-bond donors (Lipinski definition) is 1. The molecule has 1 rings (SSSR count). The van der Waals surface area contributed by atoms with E-state index in [1.165, 1.54) is 25.3 Å². The van der Waals surface area contributed by atoms with Crippen molar-refractivity contribution in [3.05, 3.63) is 18.2 Å². The summed E-state index contributed by atoms with van der Waals surface area (Å²) in [6, 6.07) is 3.85. The van der Waals surface area contributed by atoms with Gasteiger partial charge < -0.3 is 9.47 Å². The van der Waals surface area contributed by atoms with Gasteiger partial charge in [-0.05, 0) is 32.9 Å². The molecule has 112 valence electrons. The van der Waals surface area contributed by atoms with E-state index in [0.717, 1.165) is 0 Å². The molecule has 0 aliphatic carbocycles. The topological polar surface area (TPSA) is 81.7 Å². The van der Waals surface area contributed by atoms with Crippen LogP contribution in [0.5, 0.6) is 5.75 Å².